The molecule has 8 heteroatoms. The number of unbranched alkanes of at least 4 members (excludes halogenated alkanes) is 1. The van der Waals surface area contributed by atoms with Gasteiger partial charge in [0.15, 0.2) is 0 Å². The van der Waals surface area contributed by atoms with Gasteiger partial charge in [0, 0.05) is 13.7 Å². The first-order valence-electron chi connectivity index (χ1n) is 6.25. The largest absolute Gasteiger partial charge is 0.377 e. The fourth-order valence-electron chi connectivity index (χ4n) is 1.75. The average molecular weight is 282 g/mol. The van der Waals surface area contributed by atoms with Gasteiger partial charge in [0.1, 0.15) is 11.6 Å². The Bertz CT molecular complexity index is 523. The van der Waals surface area contributed by atoms with Gasteiger partial charge in [-0.3, -0.25) is 0 Å². The smallest absolute Gasteiger partial charge is 0.234 e. The first-order chi connectivity index (χ1) is 9.30. The fraction of sp³-hybridized carbons (Fsp3) is 0.636. The number of hydrogen-bond acceptors (Lipinski definition) is 7. The van der Waals surface area contributed by atoms with Gasteiger partial charge in [-0.2, -0.15) is 4.68 Å². The highest BCUT2D eigenvalue weighted by atomic mass is 32.1. The summed E-state index contributed by atoms with van der Waals surface area (Å²) >= 11 is 1.45. The van der Waals surface area contributed by atoms with Crippen LogP contribution < -0.4 is 5.73 Å². The van der Waals surface area contributed by atoms with E-state index in [0.717, 1.165) is 35.7 Å². The van der Waals surface area contributed by atoms with Crippen molar-refractivity contribution < 1.29 is 4.74 Å². The summed E-state index contributed by atoms with van der Waals surface area (Å²) in [5.74, 6) is 0. The molecule has 0 radical (unpaired) electrons. The van der Waals surface area contributed by atoms with Crippen LogP contribution in [0.1, 0.15) is 36.2 Å². The molecule has 7 nitrogen and oxygen atoms in total. The van der Waals surface area contributed by atoms with Gasteiger partial charge in [0.25, 0.3) is 0 Å². The van der Waals surface area contributed by atoms with Crippen LogP contribution >= 0.6 is 11.3 Å². The molecular weight excluding hydrogens is 264 g/mol. The fourth-order valence-corrected chi connectivity index (χ4v) is 2.54. The minimum Gasteiger partial charge on any atom is -0.377 e. The van der Waals surface area contributed by atoms with Crippen molar-refractivity contribution in [2.24, 2.45) is 5.73 Å². The molecule has 0 amide bonds. The number of ether oxygens (including phenoxy) is 1. The van der Waals surface area contributed by atoms with Crippen molar-refractivity contribution >= 4 is 11.3 Å². The molecule has 0 saturated heterocycles. The molecule has 0 atom stereocenters. The van der Waals surface area contributed by atoms with E-state index in [-0.39, 0.29) is 0 Å². The molecule has 0 aliphatic rings. The molecule has 104 valence electrons. The van der Waals surface area contributed by atoms with E-state index < -0.39 is 0 Å². The molecular formula is C11H18N6OS. The van der Waals surface area contributed by atoms with Crippen LogP contribution in [0.4, 0.5) is 0 Å². The van der Waals surface area contributed by atoms with Gasteiger partial charge < -0.3 is 10.5 Å². The normalized spacial score (nSPS) is 11.1. The molecule has 0 fully saturated rings. The summed E-state index contributed by atoms with van der Waals surface area (Å²) in [6.45, 7) is 3.00. The van der Waals surface area contributed by atoms with E-state index in [0.29, 0.717) is 18.3 Å². The summed E-state index contributed by atoms with van der Waals surface area (Å²) in [6, 6.07) is 0. The molecule has 0 bridgehead atoms. The molecule has 0 aromatic carbocycles. The lowest BCUT2D eigenvalue weighted by molar-refractivity contribution is 0.184. The van der Waals surface area contributed by atoms with E-state index in [9.17, 15) is 0 Å². The Balaban J connectivity index is 2.29. The quantitative estimate of drug-likeness (QED) is 0.816. The van der Waals surface area contributed by atoms with Crippen LogP contribution in [0.2, 0.25) is 0 Å². The van der Waals surface area contributed by atoms with Crippen molar-refractivity contribution in [1.82, 2.24) is 25.2 Å². The summed E-state index contributed by atoms with van der Waals surface area (Å²) < 4.78 is 6.79. The first kappa shape index (κ1) is 14.0. The zero-order valence-corrected chi connectivity index (χ0v) is 12.0. The number of methoxy groups -OCH3 is 1. The molecule has 2 aromatic heterocycles. The van der Waals surface area contributed by atoms with Crippen molar-refractivity contribution in [3.8, 4) is 5.13 Å². The van der Waals surface area contributed by atoms with Crippen LogP contribution in [0.25, 0.3) is 5.13 Å². The van der Waals surface area contributed by atoms with Gasteiger partial charge >= 0.3 is 0 Å². The Labute approximate surface area is 115 Å². The summed E-state index contributed by atoms with van der Waals surface area (Å²) in [6.07, 6.45) is 3.08. The van der Waals surface area contributed by atoms with Gasteiger partial charge in [-0.25, -0.2) is 0 Å². The van der Waals surface area contributed by atoms with Crippen LogP contribution in [0.15, 0.2) is 0 Å². The van der Waals surface area contributed by atoms with E-state index in [1.165, 1.54) is 11.3 Å². The van der Waals surface area contributed by atoms with Crippen molar-refractivity contribution in [2.45, 2.75) is 39.3 Å². The van der Waals surface area contributed by atoms with Gasteiger partial charge in [-0.15, -0.1) is 15.3 Å². The molecule has 0 aliphatic carbocycles. The second-order valence-corrected chi connectivity index (χ2v) is 5.15. The molecule has 2 aromatic rings. The second kappa shape index (κ2) is 6.69. The Kier molecular flexibility index (Phi) is 4.94. The monoisotopic (exact) mass is 282 g/mol. The Morgan fingerprint density at radius 2 is 2.16 bits per heavy atom. The third-order valence-electron chi connectivity index (χ3n) is 2.71. The van der Waals surface area contributed by atoms with E-state index in [4.69, 9.17) is 10.5 Å². The molecule has 2 rings (SSSR count). The zero-order valence-electron chi connectivity index (χ0n) is 11.2. The predicted molar refractivity (Wildman–Crippen MR) is 72.0 cm³/mol. The molecule has 2 N–H and O–H groups in total. The van der Waals surface area contributed by atoms with Crippen molar-refractivity contribution in [1.29, 1.82) is 0 Å². The van der Waals surface area contributed by atoms with E-state index in [2.05, 4.69) is 27.4 Å². The number of hydrogen-bond donors (Lipinski definition) is 1. The highest BCUT2D eigenvalue weighted by molar-refractivity contribution is 7.13. The molecule has 0 saturated carbocycles. The third-order valence-corrected chi connectivity index (χ3v) is 3.58. The topological polar surface area (TPSA) is 91.7 Å². The first-order valence-corrected chi connectivity index (χ1v) is 7.07. The van der Waals surface area contributed by atoms with Crippen molar-refractivity contribution in [2.75, 3.05) is 7.11 Å². The number of aromatic nitrogens is 5. The SMILES string of the molecule is CCCCc1c(CN)nnn1-c1nnc(COC)s1. The van der Waals surface area contributed by atoms with Gasteiger partial charge in [0.2, 0.25) is 5.13 Å². The van der Waals surface area contributed by atoms with Gasteiger partial charge in [-0.05, 0) is 12.8 Å². The average Bonchev–Trinajstić information content (AvgIpc) is 3.02. The minimum absolute atomic E-state index is 0.392. The Morgan fingerprint density at radius 1 is 1.32 bits per heavy atom. The van der Waals surface area contributed by atoms with Crippen LogP contribution in [-0.4, -0.2) is 32.3 Å². The lowest BCUT2D eigenvalue weighted by atomic mass is 10.1. The highest BCUT2D eigenvalue weighted by Crippen LogP contribution is 2.19. The second-order valence-electron chi connectivity index (χ2n) is 4.11. The van der Waals surface area contributed by atoms with Crippen LogP contribution in [-0.2, 0) is 24.3 Å². The molecule has 0 unspecified atom stereocenters. The van der Waals surface area contributed by atoms with Crippen LogP contribution in [0, 0.1) is 0 Å². The molecule has 2 heterocycles. The Morgan fingerprint density at radius 3 is 2.84 bits per heavy atom. The zero-order chi connectivity index (χ0) is 13.7. The summed E-state index contributed by atoms with van der Waals surface area (Å²) in [7, 11) is 1.63. The van der Waals surface area contributed by atoms with Crippen LogP contribution in [0.5, 0.6) is 0 Å². The standard InChI is InChI=1S/C11H18N6OS/c1-3-4-5-9-8(6-12)13-16-17(9)11-15-14-10(19-11)7-18-2/h3-7,12H2,1-2H3. The van der Waals surface area contributed by atoms with Gasteiger partial charge in [-0.1, -0.05) is 29.9 Å². The molecule has 0 aliphatic heterocycles. The molecule has 19 heavy (non-hydrogen) atoms. The van der Waals surface area contributed by atoms with E-state index in [1.807, 2.05) is 0 Å². The number of rotatable bonds is 7. The van der Waals surface area contributed by atoms with E-state index >= 15 is 0 Å². The Hall–Kier alpha value is -1.38. The van der Waals surface area contributed by atoms with Crippen molar-refractivity contribution in [3.05, 3.63) is 16.4 Å². The number of nitrogens with two attached hydrogens (primary N) is 1. The summed E-state index contributed by atoms with van der Waals surface area (Å²) in [4.78, 5) is 0. The maximum absolute atomic E-state index is 5.70. The maximum atomic E-state index is 5.70. The number of nitrogens with zero attached hydrogens (tertiary/aromatic N) is 5. The summed E-state index contributed by atoms with van der Waals surface area (Å²) in [5, 5.41) is 18.0. The van der Waals surface area contributed by atoms with E-state index in [1.54, 1.807) is 11.8 Å². The summed E-state index contributed by atoms with van der Waals surface area (Å²) in [5.41, 5.74) is 7.56. The lowest BCUT2D eigenvalue weighted by Crippen LogP contribution is -2.06. The highest BCUT2D eigenvalue weighted by Gasteiger charge is 2.16. The predicted octanol–water partition coefficient (Wildman–Crippen LogP) is 1.07. The van der Waals surface area contributed by atoms with Crippen molar-refractivity contribution in [3.63, 3.8) is 0 Å². The van der Waals surface area contributed by atoms with Crippen LogP contribution in [0.3, 0.4) is 0 Å². The minimum atomic E-state index is 0.392. The van der Waals surface area contributed by atoms with Gasteiger partial charge in [0.05, 0.1) is 11.4 Å². The molecule has 0 spiro atoms. The third kappa shape index (κ3) is 3.14. The lowest BCUT2D eigenvalue weighted by Gasteiger charge is -2.03. The maximum Gasteiger partial charge on any atom is 0.234 e.